The number of nitrogens with two attached hydrogens (primary N) is 1. The van der Waals surface area contributed by atoms with Gasteiger partial charge < -0.3 is 16.4 Å². The van der Waals surface area contributed by atoms with Crippen LogP contribution in [0.25, 0.3) is 0 Å². The second kappa shape index (κ2) is 8.88. The highest BCUT2D eigenvalue weighted by molar-refractivity contribution is 5.99. The number of benzene rings is 1. The minimum atomic E-state index is -0.725. The molecular formula is C18H21ClF2N4O2+2. The molecule has 0 saturated carbocycles. The Morgan fingerprint density at radius 2 is 2.19 bits per heavy atom. The van der Waals surface area contributed by atoms with Crippen molar-refractivity contribution in [3.05, 3.63) is 59.3 Å². The molecule has 1 aromatic heterocycles. The first kappa shape index (κ1) is 20.7. The Morgan fingerprint density at radius 1 is 1.41 bits per heavy atom. The predicted molar refractivity (Wildman–Crippen MR) is 101 cm³/mol. The number of hydrogen-bond donors (Lipinski definition) is 3. The van der Waals surface area contributed by atoms with E-state index in [0.717, 1.165) is 23.8 Å². The molecule has 0 bridgehead atoms. The Hall–Kier alpha value is -2.58. The van der Waals surface area contributed by atoms with Crippen molar-refractivity contribution in [3.63, 3.8) is 0 Å². The summed E-state index contributed by atoms with van der Waals surface area (Å²) in [5.41, 5.74) is 6.82. The summed E-state index contributed by atoms with van der Waals surface area (Å²) in [5, 5.41) is 5.26. The monoisotopic (exact) mass is 398 g/mol. The molecule has 0 spiro atoms. The Labute approximate surface area is 163 Å². The lowest BCUT2D eigenvalue weighted by molar-refractivity contribution is -0.126. The van der Waals surface area contributed by atoms with E-state index in [1.807, 2.05) is 6.07 Å². The number of fused-ring (bicyclic) bond motifs is 1. The van der Waals surface area contributed by atoms with Gasteiger partial charge in [-0.3, -0.25) is 9.59 Å². The van der Waals surface area contributed by atoms with Crippen LogP contribution >= 0.6 is 12.4 Å². The molecule has 1 aromatic carbocycles. The lowest BCUT2D eigenvalue weighted by Crippen LogP contribution is -2.49. The molecule has 2 amide bonds. The summed E-state index contributed by atoms with van der Waals surface area (Å²) in [6, 6.07) is 5.24. The molecule has 0 radical (unpaired) electrons. The van der Waals surface area contributed by atoms with Gasteiger partial charge in [-0.05, 0) is 41.8 Å². The van der Waals surface area contributed by atoms with Crippen molar-refractivity contribution in [2.24, 2.45) is 5.73 Å². The van der Waals surface area contributed by atoms with Crippen molar-refractivity contribution >= 4 is 30.0 Å². The third-order valence-electron chi connectivity index (χ3n) is 4.15. The number of carbonyl (C=O) groups excluding carboxylic acids is 2. The van der Waals surface area contributed by atoms with Gasteiger partial charge in [0, 0.05) is 25.1 Å². The topological polar surface area (TPSA) is 97.1 Å². The van der Waals surface area contributed by atoms with E-state index in [4.69, 9.17) is 5.73 Å². The van der Waals surface area contributed by atoms with E-state index in [-0.39, 0.29) is 39.6 Å². The second-order valence-corrected chi connectivity index (χ2v) is 6.23. The van der Waals surface area contributed by atoms with E-state index in [2.05, 4.69) is 15.6 Å². The molecule has 3 rings (SSSR count). The maximum absolute atomic E-state index is 13.7. The zero-order valence-corrected chi connectivity index (χ0v) is 15.1. The van der Waals surface area contributed by atoms with Crippen molar-refractivity contribution in [1.29, 1.82) is 0 Å². The Morgan fingerprint density at radius 3 is 2.96 bits per heavy atom. The van der Waals surface area contributed by atoms with Gasteiger partial charge in [-0.25, -0.2) is 13.8 Å². The fourth-order valence-electron chi connectivity index (χ4n) is 2.89. The van der Waals surface area contributed by atoms with Gasteiger partial charge in [-0.15, -0.1) is 12.4 Å². The van der Waals surface area contributed by atoms with Crippen LogP contribution in [0.2, 0.25) is 0 Å². The first-order chi connectivity index (χ1) is 12.4. The fraction of sp³-hybridized carbons (Fsp3) is 0.278. The minimum absolute atomic E-state index is 0. The molecule has 0 unspecified atom stereocenters. The number of nitrogens with zero attached hydrogens (tertiary/aromatic N) is 1. The lowest BCUT2D eigenvalue weighted by Gasteiger charge is -2.25. The van der Waals surface area contributed by atoms with E-state index in [0.29, 0.717) is 12.2 Å². The molecule has 9 heteroatoms. The Balaban J connectivity index is 0.00000261. The number of halogens is 3. The maximum atomic E-state index is 13.7. The molecule has 2 atom stereocenters. The minimum Gasteiger partial charge on any atom is -0.344 e. The molecule has 0 fully saturated rings. The predicted octanol–water partition coefficient (Wildman–Crippen LogP) is 1.95. The van der Waals surface area contributed by atoms with Crippen LogP contribution in [0.1, 0.15) is 20.4 Å². The average molecular weight is 399 g/mol. The molecule has 2 aromatic rings. The highest BCUT2D eigenvalue weighted by Crippen LogP contribution is 2.19. The Kier molecular flexibility index (Phi) is 6.81. The number of pyridine rings is 1. The number of carbonyl (C=O) groups is 2. The first-order valence-electron chi connectivity index (χ1n) is 8.16. The van der Waals surface area contributed by atoms with Gasteiger partial charge in [0.15, 0.2) is 0 Å². The molecule has 4 N–H and O–H groups in total. The summed E-state index contributed by atoms with van der Waals surface area (Å²) in [7, 11) is 0. The van der Waals surface area contributed by atoms with Crippen molar-refractivity contribution in [1.82, 2.24) is 10.3 Å². The number of rotatable bonds is 5. The van der Waals surface area contributed by atoms with Gasteiger partial charge >= 0.3 is 2.85 Å². The third-order valence-corrected chi connectivity index (χ3v) is 4.15. The number of nitrogens with one attached hydrogen (secondary N) is 2. The molecule has 1 aliphatic heterocycles. The molecule has 27 heavy (non-hydrogen) atoms. The molecule has 144 valence electrons. The number of hydrogen-bond acceptors (Lipinski definition) is 4. The summed E-state index contributed by atoms with van der Waals surface area (Å²) >= 11 is 0. The number of anilines is 1. The van der Waals surface area contributed by atoms with Gasteiger partial charge in [-0.1, -0.05) is 6.07 Å². The van der Waals surface area contributed by atoms with E-state index in [1.165, 1.54) is 0 Å². The van der Waals surface area contributed by atoms with E-state index >= 15 is 0 Å². The zero-order chi connectivity index (χ0) is 18.7. The van der Waals surface area contributed by atoms with Crippen molar-refractivity contribution in [2.45, 2.75) is 31.3 Å². The summed E-state index contributed by atoms with van der Waals surface area (Å²) in [4.78, 5) is 28.3. The van der Waals surface area contributed by atoms with Crippen LogP contribution in [-0.4, -0.2) is 28.9 Å². The highest BCUT2D eigenvalue weighted by atomic mass is 35.5. The Bertz CT molecular complexity index is 860. The second-order valence-electron chi connectivity index (χ2n) is 6.23. The SMILES string of the molecule is Cl.N[C@@H](CC(=O)N[C@@H]1Cc2cccnc2NC1=O)Cc1cc(F)ccc1F.[H+].[H+]. The molecular weight excluding hydrogens is 378 g/mol. The van der Waals surface area contributed by atoms with Gasteiger partial charge in [0.05, 0.1) is 0 Å². The maximum Gasteiger partial charge on any atom is 1.00 e. The molecule has 6 nitrogen and oxygen atoms in total. The van der Waals surface area contributed by atoms with Gasteiger partial charge in [0.2, 0.25) is 11.8 Å². The van der Waals surface area contributed by atoms with Crippen molar-refractivity contribution < 1.29 is 21.2 Å². The van der Waals surface area contributed by atoms with Crippen LogP contribution in [-0.2, 0) is 22.4 Å². The highest BCUT2D eigenvalue weighted by Gasteiger charge is 2.28. The van der Waals surface area contributed by atoms with Gasteiger partial charge in [0.1, 0.15) is 23.5 Å². The molecule has 0 saturated heterocycles. The van der Waals surface area contributed by atoms with Crippen LogP contribution in [0, 0.1) is 11.6 Å². The van der Waals surface area contributed by atoms with Crippen molar-refractivity contribution in [3.8, 4) is 0 Å². The fourth-order valence-corrected chi connectivity index (χ4v) is 2.89. The number of aromatic nitrogens is 1. The largest absolute Gasteiger partial charge is 1.00 e. The molecule has 0 aliphatic carbocycles. The first-order valence-corrected chi connectivity index (χ1v) is 8.16. The third kappa shape index (κ3) is 5.21. The van der Waals surface area contributed by atoms with E-state index < -0.39 is 29.6 Å². The van der Waals surface area contributed by atoms with Crippen LogP contribution in [0.15, 0.2) is 36.5 Å². The van der Waals surface area contributed by atoms with E-state index in [1.54, 1.807) is 12.3 Å². The average Bonchev–Trinajstić information content (AvgIpc) is 2.58. The smallest absolute Gasteiger partial charge is 0.344 e. The summed E-state index contributed by atoms with van der Waals surface area (Å²) in [5.74, 6) is -1.43. The normalized spacial score (nSPS) is 16.6. The van der Waals surface area contributed by atoms with Gasteiger partial charge in [-0.2, -0.15) is 0 Å². The van der Waals surface area contributed by atoms with Crippen LogP contribution in [0.5, 0.6) is 0 Å². The van der Waals surface area contributed by atoms with Crippen LogP contribution in [0.4, 0.5) is 14.6 Å². The summed E-state index contributed by atoms with van der Waals surface area (Å²) in [6.45, 7) is 0. The van der Waals surface area contributed by atoms with Gasteiger partial charge in [0.25, 0.3) is 0 Å². The number of amides is 2. The quantitative estimate of drug-likeness (QED) is 0.717. The van der Waals surface area contributed by atoms with Crippen LogP contribution < -0.4 is 16.4 Å². The molecule has 1 aliphatic rings. The standard InChI is InChI=1S/C18H18F2N4O2.ClH/c19-12-3-4-14(20)11(6-12)7-13(21)9-16(25)23-15-8-10-2-1-5-22-17(10)24-18(15)26;/h1-6,13,15H,7-9,21H2,(H,23,25)(H,22,24,26);1H/p+2/t13-,15-;/m1./s1. The summed E-state index contributed by atoms with van der Waals surface area (Å²) < 4.78 is 26.8. The van der Waals surface area contributed by atoms with Crippen molar-refractivity contribution in [2.75, 3.05) is 5.32 Å². The summed E-state index contributed by atoms with van der Waals surface area (Å²) in [6.07, 6.45) is 1.80. The van der Waals surface area contributed by atoms with Crippen LogP contribution in [0.3, 0.4) is 0 Å². The zero-order valence-electron chi connectivity index (χ0n) is 16.2. The van der Waals surface area contributed by atoms with E-state index in [9.17, 15) is 18.4 Å². The lowest BCUT2D eigenvalue weighted by atomic mass is 10.0. The molecule has 2 heterocycles.